The topological polar surface area (TPSA) is 47.4 Å². The average molecular weight is 424 g/mol. The normalized spacial score (nSPS) is 13.5. The second-order valence-corrected chi connectivity index (χ2v) is 8.46. The van der Waals surface area contributed by atoms with Gasteiger partial charge in [0.2, 0.25) is 11.8 Å². The fourth-order valence-corrected chi connectivity index (χ4v) is 3.67. The maximum absolute atomic E-state index is 12.9. The van der Waals surface area contributed by atoms with E-state index < -0.39 is 0 Å². The molecule has 0 aliphatic heterocycles. The monoisotopic (exact) mass is 423 g/mol. The molecule has 1 heterocycles. The van der Waals surface area contributed by atoms with Crippen LogP contribution in [0.25, 0.3) is 5.69 Å². The van der Waals surface area contributed by atoms with Gasteiger partial charge in [-0.2, -0.15) is 5.10 Å². The quantitative estimate of drug-likeness (QED) is 0.484. The Morgan fingerprint density at radius 3 is 2.57 bits per heavy atom. The first kappa shape index (κ1) is 20.5. The second kappa shape index (κ2) is 8.52. The molecular weight excluding hydrogens is 398 g/mol. The Morgan fingerprint density at radius 2 is 1.93 bits per heavy atom. The highest BCUT2D eigenvalue weighted by atomic mass is 35.5. The molecule has 0 unspecified atom stereocenters. The molecule has 5 nitrogen and oxygen atoms in total. The lowest BCUT2D eigenvalue weighted by Gasteiger charge is -2.25. The van der Waals surface area contributed by atoms with Crippen LogP contribution in [0, 0.1) is 12.8 Å². The first-order chi connectivity index (χ1) is 14.4. The summed E-state index contributed by atoms with van der Waals surface area (Å²) >= 11 is 6.23. The van der Waals surface area contributed by atoms with E-state index in [4.69, 9.17) is 21.4 Å². The summed E-state index contributed by atoms with van der Waals surface area (Å²) in [5.74, 6) is 1.45. The Labute approximate surface area is 182 Å². The van der Waals surface area contributed by atoms with Gasteiger partial charge in [-0.05, 0) is 50.1 Å². The number of aryl methyl sites for hydroxylation is 1. The number of carbonyl (C=O) groups excluding carboxylic acids is 1. The zero-order chi connectivity index (χ0) is 21.3. The maximum atomic E-state index is 12.9. The van der Waals surface area contributed by atoms with Gasteiger partial charge in [-0.15, -0.1) is 0 Å². The van der Waals surface area contributed by atoms with Crippen LogP contribution in [-0.4, -0.2) is 26.6 Å². The number of rotatable bonds is 7. The molecule has 30 heavy (non-hydrogen) atoms. The summed E-state index contributed by atoms with van der Waals surface area (Å²) in [6.45, 7) is 6.33. The van der Waals surface area contributed by atoms with E-state index in [-0.39, 0.29) is 11.8 Å². The fourth-order valence-electron chi connectivity index (χ4n) is 3.48. The van der Waals surface area contributed by atoms with Gasteiger partial charge < -0.3 is 9.64 Å². The van der Waals surface area contributed by atoms with Crippen molar-refractivity contribution in [1.82, 2.24) is 14.7 Å². The number of aromatic nitrogens is 2. The van der Waals surface area contributed by atoms with Crippen molar-refractivity contribution in [2.75, 3.05) is 0 Å². The number of benzene rings is 2. The van der Waals surface area contributed by atoms with Gasteiger partial charge in [-0.3, -0.25) is 4.79 Å². The average Bonchev–Trinajstić information content (AvgIpc) is 3.52. The smallest absolute Gasteiger partial charge is 0.227 e. The van der Waals surface area contributed by atoms with Crippen molar-refractivity contribution in [1.29, 1.82) is 0 Å². The molecular formula is C24H26ClN3O2. The minimum atomic E-state index is -0.0487. The Hall–Kier alpha value is -2.79. The Balaban J connectivity index is 1.78. The molecule has 1 amide bonds. The van der Waals surface area contributed by atoms with E-state index in [9.17, 15) is 4.79 Å². The number of halogens is 1. The van der Waals surface area contributed by atoms with Crippen molar-refractivity contribution >= 4 is 17.5 Å². The van der Waals surface area contributed by atoms with Crippen LogP contribution >= 0.6 is 11.6 Å². The highest BCUT2D eigenvalue weighted by Crippen LogP contribution is 2.36. The predicted molar refractivity (Wildman–Crippen MR) is 118 cm³/mol. The number of hydrogen-bond donors (Lipinski definition) is 0. The van der Waals surface area contributed by atoms with Crippen molar-refractivity contribution in [2.24, 2.45) is 5.92 Å². The van der Waals surface area contributed by atoms with Crippen LogP contribution in [0.5, 0.6) is 11.6 Å². The van der Waals surface area contributed by atoms with Crippen molar-refractivity contribution in [3.05, 3.63) is 70.9 Å². The highest BCUT2D eigenvalue weighted by Gasteiger charge is 2.35. The van der Waals surface area contributed by atoms with Crippen LogP contribution < -0.4 is 4.74 Å². The third kappa shape index (κ3) is 4.36. The van der Waals surface area contributed by atoms with Gasteiger partial charge in [0.25, 0.3) is 0 Å². The summed E-state index contributed by atoms with van der Waals surface area (Å²) < 4.78 is 8.09. The summed E-state index contributed by atoms with van der Waals surface area (Å²) in [6.07, 6.45) is 2.10. The number of hydrogen-bond acceptors (Lipinski definition) is 3. The SMILES string of the molecule is Cc1nn(-c2cccc(Cl)c2)c(Oc2ccccc2)c1CN(C(=O)C(C)C)C1CC1. The number of para-hydroxylation sites is 1. The van der Waals surface area contributed by atoms with E-state index >= 15 is 0 Å². The molecule has 0 bridgehead atoms. The van der Waals surface area contributed by atoms with Crippen LogP contribution in [-0.2, 0) is 11.3 Å². The molecule has 156 valence electrons. The lowest BCUT2D eigenvalue weighted by atomic mass is 10.1. The Bertz CT molecular complexity index is 1040. The number of nitrogens with zero attached hydrogens (tertiary/aromatic N) is 3. The van der Waals surface area contributed by atoms with Gasteiger partial charge in [0.15, 0.2) is 0 Å². The number of ether oxygens (including phenoxy) is 1. The summed E-state index contributed by atoms with van der Waals surface area (Å²) in [7, 11) is 0. The molecule has 0 atom stereocenters. The van der Waals surface area contributed by atoms with E-state index in [0.29, 0.717) is 23.5 Å². The van der Waals surface area contributed by atoms with Crippen molar-refractivity contribution in [3.8, 4) is 17.3 Å². The fraction of sp³-hybridized carbons (Fsp3) is 0.333. The van der Waals surface area contributed by atoms with E-state index in [1.807, 2.05) is 80.3 Å². The first-order valence-electron chi connectivity index (χ1n) is 10.3. The molecule has 0 spiro atoms. The van der Waals surface area contributed by atoms with Crippen LogP contribution in [0.4, 0.5) is 0 Å². The zero-order valence-corrected chi connectivity index (χ0v) is 18.3. The lowest BCUT2D eigenvalue weighted by Crippen LogP contribution is -2.35. The van der Waals surface area contributed by atoms with E-state index in [1.165, 1.54) is 0 Å². The largest absolute Gasteiger partial charge is 0.439 e. The maximum Gasteiger partial charge on any atom is 0.227 e. The van der Waals surface area contributed by atoms with Crippen LogP contribution in [0.2, 0.25) is 5.02 Å². The molecule has 0 N–H and O–H groups in total. The van der Waals surface area contributed by atoms with E-state index in [1.54, 1.807) is 4.68 Å². The molecule has 3 aromatic rings. The predicted octanol–water partition coefficient (Wildman–Crippen LogP) is 5.77. The number of amides is 1. The van der Waals surface area contributed by atoms with Gasteiger partial charge in [0.1, 0.15) is 5.75 Å². The van der Waals surface area contributed by atoms with Crippen LogP contribution in [0.1, 0.15) is 37.9 Å². The van der Waals surface area contributed by atoms with Gasteiger partial charge in [0, 0.05) is 17.0 Å². The van der Waals surface area contributed by atoms with Gasteiger partial charge in [-0.1, -0.05) is 49.7 Å². The molecule has 0 radical (unpaired) electrons. The minimum absolute atomic E-state index is 0.0487. The van der Waals surface area contributed by atoms with Crippen LogP contribution in [0.3, 0.4) is 0 Å². The summed E-state index contributed by atoms with van der Waals surface area (Å²) in [6, 6.07) is 17.4. The molecule has 1 fully saturated rings. The zero-order valence-electron chi connectivity index (χ0n) is 17.5. The van der Waals surface area contributed by atoms with Gasteiger partial charge in [0.05, 0.1) is 23.5 Å². The van der Waals surface area contributed by atoms with Crippen LogP contribution in [0.15, 0.2) is 54.6 Å². The van der Waals surface area contributed by atoms with Gasteiger partial charge in [-0.25, -0.2) is 4.68 Å². The lowest BCUT2D eigenvalue weighted by molar-refractivity contribution is -0.135. The molecule has 1 aromatic heterocycles. The van der Waals surface area contributed by atoms with Gasteiger partial charge >= 0.3 is 0 Å². The molecule has 1 saturated carbocycles. The molecule has 6 heteroatoms. The van der Waals surface area contributed by atoms with Crippen molar-refractivity contribution in [2.45, 2.75) is 46.2 Å². The first-order valence-corrected chi connectivity index (χ1v) is 10.7. The van der Waals surface area contributed by atoms with Crippen molar-refractivity contribution < 1.29 is 9.53 Å². The standard InChI is InChI=1S/C24H26ClN3O2/c1-16(2)23(29)27(19-12-13-19)15-22-17(3)26-28(20-9-7-8-18(25)14-20)24(22)30-21-10-5-4-6-11-21/h4-11,14,16,19H,12-13,15H2,1-3H3. The molecule has 1 aliphatic rings. The molecule has 1 aliphatic carbocycles. The highest BCUT2D eigenvalue weighted by molar-refractivity contribution is 6.30. The Kier molecular flexibility index (Phi) is 5.82. The summed E-state index contributed by atoms with van der Waals surface area (Å²) in [4.78, 5) is 14.9. The minimum Gasteiger partial charge on any atom is -0.439 e. The van der Waals surface area contributed by atoms with E-state index in [2.05, 4.69) is 0 Å². The molecule has 2 aromatic carbocycles. The number of carbonyl (C=O) groups is 1. The molecule has 4 rings (SSSR count). The second-order valence-electron chi connectivity index (χ2n) is 8.03. The molecule has 0 saturated heterocycles. The van der Waals surface area contributed by atoms with E-state index in [0.717, 1.165) is 35.5 Å². The summed E-state index contributed by atoms with van der Waals surface area (Å²) in [5, 5.41) is 5.38. The third-order valence-corrected chi connectivity index (χ3v) is 5.48. The summed E-state index contributed by atoms with van der Waals surface area (Å²) in [5.41, 5.74) is 2.57. The third-order valence-electron chi connectivity index (χ3n) is 5.24. The van der Waals surface area contributed by atoms with Crippen molar-refractivity contribution in [3.63, 3.8) is 0 Å². The Morgan fingerprint density at radius 1 is 1.20 bits per heavy atom.